The number of ether oxygens (including phenoxy) is 2. The van der Waals surface area contributed by atoms with Crippen molar-refractivity contribution in [1.82, 2.24) is 0 Å². The van der Waals surface area contributed by atoms with Gasteiger partial charge < -0.3 is 19.5 Å². The minimum absolute atomic E-state index is 0.00686. The average Bonchev–Trinajstić information content (AvgIpc) is 2.74. The van der Waals surface area contributed by atoms with E-state index in [0.717, 1.165) is 0 Å². The molecule has 2 aromatic carbocycles. The SMILES string of the molecule is CCOC(=O)CCC(=O)c1ccc2c(c1)N(Cc1cccc(C(=O)O)c1)C(=O)CO2. The van der Waals surface area contributed by atoms with E-state index in [9.17, 15) is 24.3 Å². The number of hydrogen-bond acceptors (Lipinski definition) is 6. The molecule has 0 radical (unpaired) electrons. The van der Waals surface area contributed by atoms with Crippen molar-refractivity contribution in [1.29, 1.82) is 0 Å². The summed E-state index contributed by atoms with van der Waals surface area (Å²) in [5.41, 5.74) is 1.53. The fourth-order valence-corrected chi connectivity index (χ4v) is 3.13. The van der Waals surface area contributed by atoms with Crippen LogP contribution in [0.4, 0.5) is 5.69 Å². The van der Waals surface area contributed by atoms with Crippen LogP contribution < -0.4 is 9.64 Å². The first kappa shape index (κ1) is 21.0. The Morgan fingerprint density at radius 2 is 1.90 bits per heavy atom. The Morgan fingerprint density at radius 1 is 1.10 bits per heavy atom. The molecule has 8 nitrogen and oxygen atoms in total. The number of amides is 1. The molecule has 0 saturated heterocycles. The zero-order chi connectivity index (χ0) is 21.7. The molecule has 8 heteroatoms. The van der Waals surface area contributed by atoms with Crippen LogP contribution in [0.15, 0.2) is 42.5 Å². The molecule has 3 rings (SSSR count). The summed E-state index contributed by atoms with van der Waals surface area (Å²) in [6.07, 6.45) is -0.0298. The first-order valence-corrected chi connectivity index (χ1v) is 9.47. The summed E-state index contributed by atoms with van der Waals surface area (Å²) < 4.78 is 10.3. The number of ketones is 1. The van der Waals surface area contributed by atoms with Crippen LogP contribution in [0.5, 0.6) is 5.75 Å². The number of carbonyl (C=O) groups is 4. The first-order valence-electron chi connectivity index (χ1n) is 9.47. The Balaban J connectivity index is 1.83. The summed E-state index contributed by atoms with van der Waals surface area (Å²) in [7, 11) is 0. The van der Waals surface area contributed by atoms with Crippen LogP contribution in [0.1, 0.15) is 46.0 Å². The zero-order valence-electron chi connectivity index (χ0n) is 16.4. The highest BCUT2D eigenvalue weighted by molar-refractivity contribution is 6.02. The molecule has 0 unspecified atom stereocenters. The van der Waals surface area contributed by atoms with E-state index in [0.29, 0.717) is 22.6 Å². The van der Waals surface area contributed by atoms with Crippen LogP contribution >= 0.6 is 0 Å². The monoisotopic (exact) mass is 411 g/mol. The summed E-state index contributed by atoms with van der Waals surface area (Å²) in [6.45, 7) is 1.93. The van der Waals surface area contributed by atoms with Crippen molar-refractivity contribution < 1.29 is 33.8 Å². The second kappa shape index (κ2) is 9.21. The largest absolute Gasteiger partial charge is 0.482 e. The van der Waals surface area contributed by atoms with Gasteiger partial charge in [-0.2, -0.15) is 0 Å². The first-order chi connectivity index (χ1) is 14.4. The summed E-state index contributed by atoms with van der Waals surface area (Å²) in [4.78, 5) is 49.1. The smallest absolute Gasteiger partial charge is 0.335 e. The highest BCUT2D eigenvalue weighted by Gasteiger charge is 2.27. The van der Waals surface area contributed by atoms with Crippen molar-refractivity contribution >= 4 is 29.3 Å². The second-order valence-corrected chi connectivity index (χ2v) is 6.68. The number of carboxylic acids is 1. The molecule has 1 amide bonds. The Hall–Kier alpha value is -3.68. The molecule has 30 heavy (non-hydrogen) atoms. The van der Waals surface area contributed by atoms with Gasteiger partial charge in [-0.3, -0.25) is 14.4 Å². The number of benzene rings is 2. The maximum Gasteiger partial charge on any atom is 0.335 e. The molecule has 0 saturated carbocycles. The van der Waals surface area contributed by atoms with Gasteiger partial charge in [-0.25, -0.2) is 4.79 Å². The van der Waals surface area contributed by atoms with Gasteiger partial charge in [0.05, 0.1) is 30.8 Å². The number of rotatable bonds is 8. The average molecular weight is 411 g/mol. The Bertz CT molecular complexity index is 999. The van der Waals surface area contributed by atoms with Crippen LogP contribution in [0.3, 0.4) is 0 Å². The molecular weight excluding hydrogens is 390 g/mol. The maximum atomic E-state index is 12.5. The number of esters is 1. The molecule has 0 aromatic heterocycles. The lowest BCUT2D eigenvalue weighted by Crippen LogP contribution is -2.38. The third-order valence-electron chi connectivity index (χ3n) is 4.60. The van der Waals surface area contributed by atoms with Crippen LogP contribution in [0.2, 0.25) is 0 Å². The van der Waals surface area contributed by atoms with Gasteiger partial charge >= 0.3 is 11.9 Å². The summed E-state index contributed by atoms with van der Waals surface area (Å²) in [5, 5.41) is 9.17. The van der Waals surface area contributed by atoms with E-state index in [4.69, 9.17) is 9.47 Å². The molecule has 0 spiro atoms. The lowest BCUT2D eigenvalue weighted by atomic mass is 10.0. The highest BCUT2D eigenvalue weighted by Crippen LogP contribution is 2.34. The number of aromatic carboxylic acids is 1. The van der Waals surface area contributed by atoms with Crippen molar-refractivity contribution in [3.05, 3.63) is 59.2 Å². The fraction of sp³-hybridized carbons (Fsp3) is 0.273. The fourth-order valence-electron chi connectivity index (χ4n) is 3.13. The molecule has 1 N–H and O–H groups in total. The van der Waals surface area contributed by atoms with Crippen molar-refractivity contribution in [2.75, 3.05) is 18.1 Å². The number of carboxylic acid groups (broad SMARTS) is 1. The van der Waals surface area contributed by atoms with E-state index in [1.54, 1.807) is 37.3 Å². The van der Waals surface area contributed by atoms with Crippen LogP contribution in [0, 0.1) is 0 Å². The van der Waals surface area contributed by atoms with Gasteiger partial charge in [0.25, 0.3) is 5.91 Å². The number of nitrogens with zero attached hydrogens (tertiary/aromatic N) is 1. The molecule has 1 aliphatic rings. The molecule has 0 atom stereocenters. The molecule has 156 valence electrons. The lowest BCUT2D eigenvalue weighted by molar-refractivity contribution is -0.143. The summed E-state index contributed by atoms with van der Waals surface area (Å²) in [6, 6.07) is 11.1. The summed E-state index contributed by atoms with van der Waals surface area (Å²) in [5.74, 6) is -1.61. The molecule has 0 fully saturated rings. The predicted octanol–water partition coefficient (Wildman–Crippen LogP) is 2.84. The normalized spacial score (nSPS) is 12.7. The van der Waals surface area contributed by atoms with E-state index >= 15 is 0 Å². The lowest BCUT2D eigenvalue weighted by Gasteiger charge is -2.30. The summed E-state index contributed by atoms with van der Waals surface area (Å²) >= 11 is 0. The Kier molecular flexibility index (Phi) is 6.46. The standard InChI is InChI=1S/C22H21NO7/c1-2-29-21(26)9-7-18(24)15-6-8-19-17(11-15)23(20(25)13-30-19)12-14-4-3-5-16(10-14)22(27)28/h3-6,8,10-11H,2,7,9,12-13H2,1H3,(H,27,28). The van der Waals surface area contributed by atoms with Crippen molar-refractivity contribution in [3.63, 3.8) is 0 Å². The van der Waals surface area contributed by atoms with Gasteiger partial charge in [-0.15, -0.1) is 0 Å². The number of Topliss-reactive ketones (excluding diaryl/α,β-unsaturated/α-hetero) is 1. The number of anilines is 1. The number of hydrogen-bond donors (Lipinski definition) is 1. The third kappa shape index (κ3) is 4.83. The highest BCUT2D eigenvalue weighted by atomic mass is 16.5. The van der Waals surface area contributed by atoms with Gasteiger partial charge in [0.2, 0.25) is 0 Å². The minimum atomic E-state index is -1.06. The maximum absolute atomic E-state index is 12.5. The molecular formula is C22H21NO7. The molecule has 0 bridgehead atoms. The molecule has 1 aliphatic heterocycles. The van der Waals surface area contributed by atoms with Crippen LogP contribution in [-0.2, 0) is 20.9 Å². The van der Waals surface area contributed by atoms with Crippen molar-refractivity contribution in [2.24, 2.45) is 0 Å². The minimum Gasteiger partial charge on any atom is -0.482 e. The third-order valence-corrected chi connectivity index (χ3v) is 4.60. The molecule has 1 heterocycles. The van der Waals surface area contributed by atoms with E-state index in [-0.39, 0.29) is 49.9 Å². The van der Waals surface area contributed by atoms with Gasteiger partial charge in [0, 0.05) is 12.0 Å². The molecule has 0 aliphatic carbocycles. The Morgan fingerprint density at radius 3 is 2.63 bits per heavy atom. The number of fused-ring (bicyclic) bond motifs is 1. The molecule has 2 aromatic rings. The predicted molar refractivity (Wildman–Crippen MR) is 107 cm³/mol. The van der Waals surface area contributed by atoms with E-state index in [1.807, 2.05) is 0 Å². The van der Waals surface area contributed by atoms with Crippen molar-refractivity contribution in [3.8, 4) is 5.75 Å². The van der Waals surface area contributed by atoms with E-state index < -0.39 is 11.9 Å². The van der Waals surface area contributed by atoms with E-state index in [1.165, 1.54) is 17.0 Å². The van der Waals surface area contributed by atoms with Gasteiger partial charge in [0.15, 0.2) is 12.4 Å². The van der Waals surface area contributed by atoms with Crippen molar-refractivity contribution in [2.45, 2.75) is 26.3 Å². The van der Waals surface area contributed by atoms with Gasteiger partial charge in [0.1, 0.15) is 5.75 Å². The second-order valence-electron chi connectivity index (χ2n) is 6.68. The quantitative estimate of drug-likeness (QED) is 0.525. The van der Waals surface area contributed by atoms with Crippen LogP contribution in [0.25, 0.3) is 0 Å². The topological polar surface area (TPSA) is 110 Å². The van der Waals surface area contributed by atoms with Crippen LogP contribution in [-0.4, -0.2) is 41.9 Å². The number of carbonyl (C=O) groups excluding carboxylic acids is 3. The van der Waals surface area contributed by atoms with E-state index in [2.05, 4.69) is 0 Å². The van der Waals surface area contributed by atoms with Gasteiger partial charge in [-0.1, -0.05) is 12.1 Å². The van der Waals surface area contributed by atoms with Gasteiger partial charge in [-0.05, 0) is 42.8 Å². The zero-order valence-corrected chi connectivity index (χ0v) is 16.4. The Labute approximate surface area is 173 Å².